The molecule has 0 radical (unpaired) electrons. The van der Waals surface area contributed by atoms with Crippen LogP contribution in [0, 0.1) is 11.8 Å². The number of fused-ring (bicyclic) bond motifs is 5. The molecule has 1 aromatic rings. The van der Waals surface area contributed by atoms with Gasteiger partial charge in [-0.15, -0.1) is 0 Å². The van der Waals surface area contributed by atoms with Crippen molar-refractivity contribution in [3.05, 3.63) is 35.9 Å². The Morgan fingerprint density at radius 1 is 1.29 bits per heavy atom. The third kappa shape index (κ3) is 1.12. The van der Waals surface area contributed by atoms with Crippen LogP contribution in [0.2, 0.25) is 0 Å². The molecule has 4 heteroatoms. The highest BCUT2D eigenvalue weighted by molar-refractivity contribution is 6.06. The Morgan fingerprint density at radius 3 is 2.94 bits per heavy atom. The number of carbonyl (C=O) groups is 1. The summed E-state index contributed by atoms with van der Waals surface area (Å²) in [5.74, 6) is 0.355. The van der Waals surface area contributed by atoms with Crippen molar-refractivity contribution in [2.75, 3.05) is 0 Å². The topological polar surface area (TPSA) is 50.7 Å². The standard InChI is InChI=1S/C13H12N2O2/c16-13-8-6-9(14-13)12-10(8)11(15-17-12)7-4-2-1-3-5-7/h1-5,8-10,12H,6H2,(H,14,16). The van der Waals surface area contributed by atoms with E-state index < -0.39 is 0 Å². The SMILES string of the molecule is O=C1NC2CC1C1C(c3ccccc3)=NOC21. The van der Waals surface area contributed by atoms with Gasteiger partial charge in [-0.2, -0.15) is 0 Å². The van der Waals surface area contributed by atoms with Gasteiger partial charge >= 0.3 is 0 Å². The number of benzene rings is 1. The molecule has 1 aliphatic carbocycles. The van der Waals surface area contributed by atoms with Crippen LogP contribution in [0.25, 0.3) is 0 Å². The number of nitrogens with zero attached hydrogens (tertiary/aromatic N) is 1. The predicted octanol–water partition coefficient (Wildman–Crippen LogP) is 0.924. The summed E-state index contributed by atoms with van der Waals surface area (Å²) in [4.78, 5) is 17.2. The van der Waals surface area contributed by atoms with Crippen molar-refractivity contribution in [2.24, 2.45) is 17.0 Å². The van der Waals surface area contributed by atoms with E-state index in [1.807, 2.05) is 30.3 Å². The Labute approximate surface area is 98.6 Å². The van der Waals surface area contributed by atoms with Gasteiger partial charge in [-0.05, 0) is 12.0 Å². The first kappa shape index (κ1) is 9.22. The van der Waals surface area contributed by atoms with Crippen LogP contribution in [0.15, 0.2) is 35.5 Å². The number of carbonyl (C=O) groups excluding carboxylic acids is 1. The summed E-state index contributed by atoms with van der Waals surface area (Å²) in [5.41, 5.74) is 2.01. The maximum absolute atomic E-state index is 11.7. The van der Waals surface area contributed by atoms with Crippen LogP contribution >= 0.6 is 0 Å². The first-order valence-electron chi connectivity index (χ1n) is 5.94. The second-order valence-corrected chi connectivity index (χ2v) is 4.90. The van der Waals surface area contributed by atoms with Gasteiger partial charge in [0.1, 0.15) is 0 Å². The summed E-state index contributed by atoms with van der Waals surface area (Å²) >= 11 is 0. The zero-order valence-electron chi connectivity index (χ0n) is 9.17. The van der Waals surface area contributed by atoms with Crippen LogP contribution in [0.1, 0.15) is 12.0 Å². The minimum atomic E-state index is 0.0476. The molecule has 1 amide bonds. The van der Waals surface area contributed by atoms with Crippen LogP contribution in [0.4, 0.5) is 0 Å². The molecule has 1 aromatic carbocycles. The third-order valence-electron chi connectivity index (χ3n) is 4.01. The molecule has 2 bridgehead atoms. The van der Waals surface area contributed by atoms with Gasteiger partial charge in [-0.3, -0.25) is 4.79 Å². The van der Waals surface area contributed by atoms with Crippen molar-refractivity contribution < 1.29 is 9.63 Å². The van der Waals surface area contributed by atoms with E-state index in [2.05, 4.69) is 10.5 Å². The molecule has 0 spiro atoms. The third-order valence-corrected chi connectivity index (χ3v) is 4.01. The molecule has 4 unspecified atom stereocenters. The van der Waals surface area contributed by atoms with Crippen molar-refractivity contribution in [1.82, 2.24) is 5.32 Å². The number of amides is 1. The van der Waals surface area contributed by atoms with Gasteiger partial charge in [0.15, 0.2) is 6.10 Å². The zero-order valence-corrected chi connectivity index (χ0v) is 9.17. The molecule has 2 heterocycles. The smallest absolute Gasteiger partial charge is 0.224 e. The fraction of sp³-hybridized carbons (Fsp3) is 0.385. The molecule has 4 rings (SSSR count). The molecule has 4 nitrogen and oxygen atoms in total. The fourth-order valence-corrected chi connectivity index (χ4v) is 3.25. The minimum Gasteiger partial charge on any atom is -0.389 e. The average molecular weight is 228 g/mol. The van der Waals surface area contributed by atoms with Crippen molar-refractivity contribution in [3.63, 3.8) is 0 Å². The van der Waals surface area contributed by atoms with E-state index in [9.17, 15) is 4.79 Å². The highest BCUT2D eigenvalue weighted by atomic mass is 16.6. The van der Waals surface area contributed by atoms with Crippen molar-refractivity contribution in [1.29, 1.82) is 0 Å². The van der Waals surface area contributed by atoms with Gasteiger partial charge < -0.3 is 10.2 Å². The highest BCUT2D eigenvalue weighted by Crippen LogP contribution is 2.44. The van der Waals surface area contributed by atoms with E-state index in [0.29, 0.717) is 0 Å². The Balaban J connectivity index is 1.74. The molecular formula is C13H12N2O2. The van der Waals surface area contributed by atoms with E-state index in [1.165, 1.54) is 0 Å². The molecule has 2 fully saturated rings. The first-order valence-corrected chi connectivity index (χ1v) is 5.94. The zero-order chi connectivity index (χ0) is 11.4. The highest BCUT2D eigenvalue weighted by Gasteiger charge is 2.58. The first-order chi connectivity index (χ1) is 8.34. The molecule has 0 aromatic heterocycles. The monoisotopic (exact) mass is 228 g/mol. The number of hydrogen-bond donors (Lipinski definition) is 1. The summed E-state index contributed by atoms with van der Waals surface area (Å²) < 4.78 is 0. The summed E-state index contributed by atoms with van der Waals surface area (Å²) in [5, 5.41) is 7.15. The summed E-state index contributed by atoms with van der Waals surface area (Å²) in [6.45, 7) is 0. The lowest BCUT2D eigenvalue weighted by atomic mass is 9.85. The lowest BCUT2D eigenvalue weighted by Gasteiger charge is -2.23. The summed E-state index contributed by atoms with van der Waals surface area (Å²) in [6, 6.07) is 10.1. The van der Waals surface area contributed by atoms with Crippen molar-refractivity contribution in [3.8, 4) is 0 Å². The largest absolute Gasteiger partial charge is 0.389 e. The Kier molecular flexibility index (Phi) is 1.68. The molecule has 86 valence electrons. The summed E-state index contributed by atoms with van der Waals surface area (Å²) in [7, 11) is 0. The van der Waals surface area contributed by atoms with E-state index in [4.69, 9.17) is 4.84 Å². The summed E-state index contributed by atoms with van der Waals surface area (Å²) in [6.07, 6.45) is 0.938. The second-order valence-electron chi connectivity index (χ2n) is 4.90. The quantitative estimate of drug-likeness (QED) is 0.777. The van der Waals surface area contributed by atoms with Crippen LogP contribution in [0.3, 0.4) is 0 Å². The molecule has 2 aliphatic heterocycles. The van der Waals surface area contributed by atoms with Crippen LogP contribution in [-0.2, 0) is 9.63 Å². The fourth-order valence-electron chi connectivity index (χ4n) is 3.25. The number of oxime groups is 1. The second kappa shape index (κ2) is 3.09. The van der Waals surface area contributed by atoms with E-state index in [-0.39, 0.29) is 29.9 Å². The van der Waals surface area contributed by atoms with Gasteiger partial charge in [-0.25, -0.2) is 0 Å². The maximum atomic E-state index is 11.7. The van der Waals surface area contributed by atoms with Gasteiger partial charge in [0.05, 0.1) is 23.6 Å². The Hall–Kier alpha value is -1.84. The Bertz CT molecular complexity index is 511. The van der Waals surface area contributed by atoms with E-state index in [0.717, 1.165) is 17.7 Å². The minimum absolute atomic E-state index is 0.0476. The molecule has 1 N–H and O–H groups in total. The van der Waals surface area contributed by atoms with Crippen LogP contribution in [0.5, 0.6) is 0 Å². The van der Waals surface area contributed by atoms with Crippen LogP contribution in [-0.4, -0.2) is 23.8 Å². The van der Waals surface area contributed by atoms with Crippen molar-refractivity contribution in [2.45, 2.75) is 18.6 Å². The van der Waals surface area contributed by atoms with Gasteiger partial charge in [0, 0.05) is 0 Å². The molecule has 17 heavy (non-hydrogen) atoms. The van der Waals surface area contributed by atoms with Gasteiger partial charge in [-0.1, -0.05) is 35.5 Å². The molecule has 4 atom stereocenters. The van der Waals surface area contributed by atoms with Gasteiger partial charge in [0.25, 0.3) is 0 Å². The van der Waals surface area contributed by atoms with Gasteiger partial charge in [0.2, 0.25) is 5.91 Å². The molecular weight excluding hydrogens is 216 g/mol. The molecule has 1 saturated heterocycles. The maximum Gasteiger partial charge on any atom is 0.224 e. The Morgan fingerprint density at radius 2 is 2.12 bits per heavy atom. The van der Waals surface area contributed by atoms with Crippen LogP contribution < -0.4 is 5.32 Å². The number of hydrogen-bond acceptors (Lipinski definition) is 3. The molecule has 1 saturated carbocycles. The lowest BCUT2D eigenvalue weighted by molar-refractivity contribution is -0.126. The number of piperidine rings is 1. The number of rotatable bonds is 1. The normalized spacial score (nSPS) is 37.4. The van der Waals surface area contributed by atoms with Crippen molar-refractivity contribution >= 4 is 11.6 Å². The average Bonchev–Trinajstić information content (AvgIpc) is 3.00. The number of nitrogens with one attached hydrogen (secondary N) is 1. The lowest BCUT2D eigenvalue weighted by Crippen LogP contribution is -2.46. The predicted molar refractivity (Wildman–Crippen MR) is 61.4 cm³/mol. The molecule has 3 aliphatic rings. The van der Waals surface area contributed by atoms with E-state index in [1.54, 1.807) is 0 Å². The van der Waals surface area contributed by atoms with E-state index >= 15 is 0 Å².